The summed E-state index contributed by atoms with van der Waals surface area (Å²) < 4.78 is 0. The van der Waals surface area contributed by atoms with Crippen molar-refractivity contribution in [2.75, 3.05) is 0 Å². The molecule has 58 heavy (non-hydrogen) atoms. The number of benzene rings is 11. The second-order valence-corrected chi connectivity index (χ2v) is 15.3. The van der Waals surface area contributed by atoms with E-state index in [9.17, 15) is 0 Å². The van der Waals surface area contributed by atoms with Crippen molar-refractivity contribution in [2.45, 2.75) is 0 Å². The molecular weight excluding hydrogens is 697 g/mol. The maximum Gasteiger partial charge on any atom is -0.00930 e. The second kappa shape index (κ2) is 14.2. The summed E-state index contributed by atoms with van der Waals surface area (Å²) in [7, 11) is 0. The van der Waals surface area contributed by atoms with Crippen molar-refractivity contribution in [2.24, 2.45) is 0 Å². The van der Waals surface area contributed by atoms with Gasteiger partial charge in [-0.15, -0.1) is 0 Å². The molecule has 0 N–H and O–H groups in total. The lowest BCUT2D eigenvalue weighted by atomic mass is 9.87. The highest BCUT2D eigenvalue weighted by atomic mass is 14.2. The maximum atomic E-state index is 2.39. The lowest BCUT2D eigenvalue weighted by Gasteiger charge is -2.16. The molecule has 11 rings (SSSR count). The van der Waals surface area contributed by atoms with Gasteiger partial charge in [-0.25, -0.2) is 0 Å². The van der Waals surface area contributed by atoms with Crippen LogP contribution in [0, 0.1) is 0 Å². The molecule has 0 saturated heterocycles. The van der Waals surface area contributed by atoms with Crippen molar-refractivity contribution in [1.82, 2.24) is 0 Å². The molecule has 0 atom stereocenters. The summed E-state index contributed by atoms with van der Waals surface area (Å²) >= 11 is 0. The third-order valence-electron chi connectivity index (χ3n) is 11.9. The van der Waals surface area contributed by atoms with E-state index in [0.29, 0.717) is 0 Å². The minimum atomic E-state index is 1.20. The van der Waals surface area contributed by atoms with Gasteiger partial charge in [-0.05, 0) is 140 Å². The normalized spacial score (nSPS) is 11.4. The van der Waals surface area contributed by atoms with Gasteiger partial charge in [0.1, 0.15) is 0 Å². The van der Waals surface area contributed by atoms with Crippen molar-refractivity contribution in [1.29, 1.82) is 0 Å². The van der Waals surface area contributed by atoms with E-state index < -0.39 is 0 Å². The largest absolute Gasteiger partial charge is 0.0622 e. The zero-order valence-corrected chi connectivity index (χ0v) is 31.9. The minimum Gasteiger partial charge on any atom is -0.0622 e. The summed E-state index contributed by atoms with van der Waals surface area (Å²) in [6.45, 7) is 0. The molecule has 0 saturated carbocycles. The Morgan fingerprint density at radius 3 is 0.948 bits per heavy atom. The van der Waals surface area contributed by atoms with Crippen LogP contribution in [0.15, 0.2) is 231 Å². The Bertz CT molecular complexity index is 3100. The van der Waals surface area contributed by atoms with E-state index in [1.807, 2.05) is 0 Å². The van der Waals surface area contributed by atoms with E-state index in [2.05, 4.69) is 231 Å². The molecule has 11 aromatic carbocycles. The van der Waals surface area contributed by atoms with Crippen molar-refractivity contribution in [3.63, 3.8) is 0 Å². The van der Waals surface area contributed by atoms with Crippen LogP contribution in [0.3, 0.4) is 0 Å². The van der Waals surface area contributed by atoms with Crippen LogP contribution in [0.2, 0.25) is 0 Å². The summed E-state index contributed by atoms with van der Waals surface area (Å²) in [6.07, 6.45) is 0. The lowest BCUT2D eigenvalue weighted by Crippen LogP contribution is -1.90. The van der Waals surface area contributed by atoms with E-state index in [0.717, 1.165) is 0 Å². The molecule has 0 fully saturated rings. The fraction of sp³-hybridized carbons (Fsp3) is 0. The average Bonchev–Trinajstić information content (AvgIpc) is 3.30. The van der Waals surface area contributed by atoms with Gasteiger partial charge in [0.25, 0.3) is 0 Å². The monoisotopic (exact) mass is 734 g/mol. The zero-order valence-electron chi connectivity index (χ0n) is 31.9. The third-order valence-corrected chi connectivity index (χ3v) is 11.9. The van der Waals surface area contributed by atoms with Crippen molar-refractivity contribution >= 4 is 43.1 Å². The van der Waals surface area contributed by atoms with E-state index in [1.54, 1.807) is 0 Å². The van der Waals surface area contributed by atoms with Gasteiger partial charge in [0.2, 0.25) is 0 Å². The smallest absolute Gasteiger partial charge is 0.00930 e. The van der Waals surface area contributed by atoms with Gasteiger partial charge in [0.05, 0.1) is 0 Å². The number of fused-ring (bicyclic) bond motifs is 4. The first-order valence-electron chi connectivity index (χ1n) is 20.1. The van der Waals surface area contributed by atoms with Crippen LogP contribution in [-0.2, 0) is 0 Å². The van der Waals surface area contributed by atoms with Gasteiger partial charge in [0.15, 0.2) is 0 Å². The second-order valence-electron chi connectivity index (χ2n) is 15.3. The SMILES string of the molecule is c1ccc(-c2ccc(-c3cccc(-c4ccc(-c5ccccc5)c5cc(-c6ccc7ccccc7c6)ccc45)c3)c3ccc(-c4ccc5ccccc5c4)cc23)cc1. The zero-order chi connectivity index (χ0) is 38.4. The van der Waals surface area contributed by atoms with Crippen LogP contribution in [0.1, 0.15) is 0 Å². The minimum absolute atomic E-state index is 1.20. The molecule has 0 heterocycles. The molecule has 0 unspecified atom stereocenters. The van der Waals surface area contributed by atoms with Crippen molar-refractivity contribution in [3.05, 3.63) is 231 Å². The lowest BCUT2D eigenvalue weighted by molar-refractivity contribution is 1.60. The summed E-state index contributed by atoms with van der Waals surface area (Å²) in [5, 5.41) is 10.0. The summed E-state index contributed by atoms with van der Waals surface area (Å²) in [5.41, 5.74) is 14.7. The highest BCUT2D eigenvalue weighted by Crippen LogP contribution is 2.42. The quantitative estimate of drug-likeness (QED) is 0.160. The summed E-state index contributed by atoms with van der Waals surface area (Å²) in [5.74, 6) is 0. The van der Waals surface area contributed by atoms with Crippen LogP contribution in [0.25, 0.3) is 110 Å². The van der Waals surface area contributed by atoms with Crippen LogP contribution in [-0.4, -0.2) is 0 Å². The van der Waals surface area contributed by atoms with E-state index in [-0.39, 0.29) is 0 Å². The molecule has 0 aliphatic heterocycles. The Labute approximate surface area is 339 Å². The Morgan fingerprint density at radius 2 is 0.500 bits per heavy atom. The average molecular weight is 735 g/mol. The fourth-order valence-electron chi connectivity index (χ4n) is 8.89. The van der Waals surface area contributed by atoms with Gasteiger partial charge in [-0.3, -0.25) is 0 Å². The molecule has 0 aliphatic carbocycles. The maximum absolute atomic E-state index is 2.39. The van der Waals surface area contributed by atoms with Crippen molar-refractivity contribution in [3.8, 4) is 66.8 Å². The van der Waals surface area contributed by atoms with E-state index in [1.165, 1.54) is 110 Å². The molecule has 0 spiro atoms. The van der Waals surface area contributed by atoms with Crippen LogP contribution in [0.5, 0.6) is 0 Å². The number of rotatable bonds is 6. The molecule has 11 aromatic rings. The topological polar surface area (TPSA) is 0 Å². The molecule has 0 heteroatoms. The standard InChI is InChI=1S/C58H38/c1-3-14-41(15-4-1)51-30-32-53(55-28-26-47(37-57(51)55)45-24-22-39-12-7-9-18-43(39)34-45)49-20-11-21-50(36-49)54-33-31-52(42-16-5-2-6-17-42)58-38-48(27-29-56(54)58)46-25-23-40-13-8-10-19-44(40)35-46/h1-38H. The number of hydrogen-bond acceptors (Lipinski definition) is 0. The number of hydrogen-bond donors (Lipinski definition) is 0. The molecule has 0 nitrogen and oxygen atoms in total. The molecular formula is C58H38. The third kappa shape index (κ3) is 6.04. The van der Waals surface area contributed by atoms with E-state index >= 15 is 0 Å². The predicted molar refractivity (Wildman–Crippen MR) is 249 cm³/mol. The highest BCUT2D eigenvalue weighted by Gasteiger charge is 2.15. The van der Waals surface area contributed by atoms with Crippen LogP contribution >= 0.6 is 0 Å². The molecule has 0 amide bonds. The Balaban J connectivity index is 1.06. The van der Waals surface area contributed by atoms with E-state index in [4.69, 9.17) is 0 Å². The Morgan fingerprint density at radius 1 is 0.155 bits per heavy atom. The first-order chi connectivity index (χ1) is 28.7. The summed E-state index contributed by atoms with van der Waals surface area (Å²) in [4.78, 5) is 0. The molecule has 270 valence electrons. The fourth-order valence-corrected chi connectivity index (χ4v) is 8.89. The Hall–Kier alpha value is -7.54. The Kier molecular flexibility index (Phi) is 8.26. The molecule has 0 bridgehead atoms. The van der Waals surface area contributed by atoms with Gasteiger partial charge in [0, 0.05) is 0 Å². The van der Waals surface area contributed by atoms with Gasteiger partial charge >= 0.3 is 0 Å². The van der Waals surface area contributed by atoms with Gasteiger partial charge < -0.3 is 0 Å². The van der Waals surface area contributed by atoms with Gasteiger partial charge in [-0.2, -0.15) is 0 Å². The van der Waals surface area contributed by atoms with Crippen LogP contribution < -0.4 is 0 Å². The first-order valence-corrected chi connectivity index (χ1v) is 20.1. The molecule has 0 aromatic heterocycles. The predicted octanol–water partition coefficient (Wildman–Crippen LogP) is 16.3. The molecule has 0 radical (unpaired) electrons. The van der Waals surface area contributed by atoms with Gasteiger partial charge in [-0.1, -0.05) is 200 Å². The van der Waals surface area contributed by atoms with Crippen molar-refractivity contribution < 1.29 is 0 Å². The first kappa shape index (κ1) is 33.8. The summed E-state index contributed by atoms with van der Waals surface area (Å²) in [6, 6.07) is 84.7. The highest BCUT2D eigenvalue weighted by molar-refractivity contribution is 6.09. The molecule has 0 aliphatic rings. The van der Waals surface area contributed by atoms with Crippen LogP contribution in [0.4, 0.5) is 0 Å².